The monoisotopic (exact) mass is 433 g/mol. The van der Waals surface area contributed by atoms with E-state index in [1.807, 2.05) is 49.5 Å². The number of piperazine rings is 1. The lowest BCUT2D eigenvalue weighted by atomic mass is 10.1. The molecule has 0 atom stereocenters. The van der Waals surface area contributed by atoms with Gasteiger partial charge in [-0.05, 0) is 36.8 Å². The number of aryl methyl sites for hydroxylation is 1. The van der Waals surface area contributed by atoms with Crippen molar-refractivity contribution in [3.8, 4) is 11.3 Å². The van der Waals surface area contributed by atoms with Crippen molar-refractivity contribution >= 4 is 34.1 Å². The van der Waals surface area contributed by atoms with Gasteiger partial charge in [0.2, 0.25) is 0 Å². The Morgan fingerprint density at radius 1 is 1.13 bits per heavy atom. The van der Waals surface area contributed by atoms with E-state index < -0.39 is 0 Å². The Morgan fingerprint density at radius 3 is 2.84 bits per heavy atom. The Kier molecular flexibility index (Phi) is 5.44. The van der Waals surface area contributed by atoms with Gasteiger partial charge in [0.05, 0.1) is 17.4 Å². The van der Waals surface area contributed by atoms with Crippen LogP contribution in [0.3, 0.4) is 0 Å². The van der Waals surface area contributed by atoms with Crippen LogP contribution >= 0.6 is 11.6 Å². The van der Waals surface area contributed by atoms with Gasteiger partial charge < -0.3 is 15.5 Å². The van der Waals surface area contributed by atoms with Crippen LogP contribution in [0.5, 0.6) is 0 Å². The predicted octanol–water partition coefficient (Wildman–Crippen LogP) is 4.00. The molecule has 0 saturated carbocycles. The fourth-order valence-electron chi connectivity index (χ4n) is 3.87. The summed E-state index contributed by atoms with van der Waals surface area (Å²) in [6, 6.07) is 14.0. The molecule has 3 heterocycles. The zero-order valence-electron chi connectivity index (χ0n) is 17.3. The molecule has 4 aromatic rings. The number of benzene rings is 2. The minimum absolute atomic E-state index is 0.633. The van der Waals surface area contributed by atoms with Gasteiger partial charge in [0.25, 0.3) is 0 Å². The Balaban J connectivity index is 1.49. The second-order valence-corrected chi connectivity index (χ2v) is 8.16. The molecule has 0 unspecified atom stereocenters. The van der Waals surface area contributed by atoms with E-state index >= 15 is 0 Å². The van der Waals surface area contributed by atoms with E-state index in [0.717, 1.165) is 76.3 Å². The molecule has 0 amide bonds. The highest BCUT2D eigenvalue weighted by Crippen LogP contribution is 2.29. The minimum Gasteiger partial charge on any atom is -0.363 e. The molecule has 1 saturated heterocycles. The zero-order chi connectivity index (χ0) is 21.2. The molecule has 31 heavy (non-hydrogen) atoms. The average molecular weight is 434 g/mol. The number of hydrogen-bond acceptors (Lipinski definition) is 6. The van der Waals surface area contributed by atoms with Crippen LogP contribution in [0.15, 0.2) is 48.7 Å². The van der Waals surface area contributed by atoms with E-state index in [2.05, 4.69) is 31.8 Å². The van der Waals surface area contributed by atoms with Gasteiger partial charge in [-0.1, -0.05) is 29.8 Å². The summed E-state index contributed by atoms with van der Waals surface area (Å²) in [6.45, 7) is 6.31. The molecule has 0 radical (unpaired) electrons. The summed E-state index contributed by atoms with van der Waals surface area (Å²) in [5.74, 6) is 1.66. The Labute approximate surface area is 185 Å². The van der Waals surface area contributed by atoms with Crippen LogP contribution in [0.25, 0.3) is 22.2 Å². The first kappa shape index (κ1) is 19.8. The van der Waals surface area contributed by atoms with E-state index in [9.17, 15) is 0 Å². The number of rotatable bonds is 5. The van der Waals surface area contributed by atoms with E-state index in [1.54, 1.807) is 0 Å². The molecule has 2 aromatic carbocycles. The fourth-order valence-corrected chi connectivity index (χ4v) is 4.08. The number of nitrogens with one attached hydrogen (secondary N) is 3. The molecule has 158 valence electrons. The maximum Gasteiger partial charge on any atom is 0.172 e. The molecule has 1 fully saturated rings. The third kappa shape index (κ3) is 4.19. The van der Waals surface area contributed by atoms with Crippen molar-refractivity contribution in [1.29, 1.82) is 0 Å². The highest BCUT2D eigenvalue weighted by molar-refractivity contribution is 6.30. The summed E-state index contributed by atoms with van der Waals surface area (Å²) in [5.41, 5.74) is 4.99. The quantitative estimate of drug-likeness (QED) is 0.441. The summed E-state index contributed by atoms with van der Waals surface area (Å²) in [5, 5.41) is 16.1. The van der Waals surface area contributed by atoms with Crippen LogP contribution in [0.2, 0.25) is 5.02 Å². The molecule has 0 bridgehead atoms. The number of nitrogens with zero attached hydrogens (tertiary/aromatic N) is 4. The van der Waals surface area contributed by atoms with Gasteiger partial charge in [0.15, 0.2) is 11.6 Å². The van der Waals surface area contributed by atoms with Gasteiger partial charge in [-0.15, -0.1) is 0 Å². The minimum atomic E-state index is 0.633. The number of aromatic nitrogens is 4. The van der Waals surface area contributed by atoms with Crippen molar-refractivity contribution in [3.63, 3.8) is 0 Å². The molecule has 2 aromatic heterocycles. The van der Waals surface area contributed by atoms with Gasteiger partial charge >= 0.3 is 0 Å². The van der Waals surface area contributed by atoms with Gasteiger partial charge in [-0.2, -0.15) is 5.10 Å². The second-order valence-electron chi connectivity index (χ2n) is 7.73. The topological polar surface area (TPSA) is 81.8 Å². The number of aromatic amines is 1. The molecule has 0 aliphatic carbocycles. The smallest absolute Gasteiger partial charge is 0.172 e. The predicted molar refractivity (Wildman–Crippen MR) is 126 cm³/mol. The number of hydrogen-bond donors (Lipinski definition) is 3. The van der Waals surface area contributed by atoms with Gasteiger partial charge in [0.1, 0.15) is 0 Å². The maximum absolute atomic E-state index is 6.13. The molecule has 0 spiro atoms. The summed E-state index contributed by atoms with van der Waals surface area (Å²) < 4.78 is 0. The van der Waals surface area contributed by atoms with E-state index in [4.69, 9.17) is 21.6 Å². The summed E-state index contributed by atoms with van der Waals surface area (Å²) >= 11 is 6.13. The van der Waals surface area contributed by atoms with Crippen molar-refractivity contribution in [2.75, 3.05) is 36.4 Å². The fraction of sp³-hybridized carbons (Fsp3) is 0.261. The molecule has 1 aliphatic rings. The van der Waals surface area contributed by atoms with Crippen LogP contribution in [-0.4, -0.2) is 46.3 Å². The molecule has 7 nitrogen and oxygen atoms in total. The van der Waals surface area contributed by atoms with E-state index in [0.29, 0.717) is 6.54 Å². The van der Waals surface area contributed by atoms with Crippen LogP contribution in [0.1, 0.15) is 11.3 Å². The number of halogens is 1. The molecule has 8 heteroatoms. The molecule has 5 rings (SSSR count). The van der Waals surface area contributed by atoms with Crippen LogP contribution in [0, 0.1) is 6.92 Å². The molecular formula is C23H24ClN7. The van der Waals surface area contributed by atoms with Crippen molar-refractivity contribution < 1.29 is 0 Å². The van der Waals surface area contributed by atoms with Crippen LogP contribution < -0.4 is 15.5 Å². The van der Waals surface area contributed by atoms with Crippen LogP contribution in [0.4, 0.5) is 11.6 Å². The van der Waals surface area contributed by atoms with Crippen molar-refractivity contribution in [3.05, 3.63) is 64.9 Å². The summed E-state index contributed by atoms with van der Waals surface area (Å²) in [4.78, 5) is 12.1. The number of fused-ring (bicyclic) bond motifs is 1. The van der Waals surface area contributed by atoms with Crippen molar-refractivity contribution in [2.24, 2.45) is 0 Å². The lowest BCUT2D eigenvalue weighted by molar-refractivity contribution is 0.585. The molecule has 1 aliphatic heterocycles. The lowest BCUT2D eigenvalue weighted by Crippen LogP contribution is -2.44. The SMILES string of the molecule is Cc1[nH]nc2ccc(-c3cnc(NCc4cccc(Cl)c4)c(N4CCNCC4)n3)cc12. The first-order valence-corrected chi connectivity index (χ1v) is 10.8. The Morgan fingerprint density at radius 2 is 2.00 bits per heavy atom. The standard InChI is InChI=1S/C23H24ClN7/c1-15-19-12-17(5-6-20(19)30-29-15)21-14-27-22(23(28-21)31-9-7-25-8-10-31)26-13-16-3-2-4-18(24)11-16/h2-6,11-12,14,25H,7-10,13H2,1H3,(H,26,27)(H,29,30). The molecule has 3 N–H and O–H groups in total. The summed E-state index contributed by atoms with van der Waals surface area (Å²) in [7, 11) is 0. The Hall–Kier alpha value is -3.16. The van der Waals surface area contributed by atoms with Crippen molar-refractivity contribution in [2.45, 2.75) is 13.5 Å². The third-order valence-electron chi connectivity index (χ3n) is 5.56. The largest absolute Gasteiger partial charge is 0.363 e. The second kappa shape index (κ2) is 8.53. The van der Waals surface area contributed by atoms with Gasteiger partial charge in [-0.3, -0.25) is 5.10 Å². The lowest BCUT2D eigenvalue weighted by Gasteiger charge is -2.30. The van der Waals surface area contributed by atoms with E-state index in [1.165, 1.54) is 0 Å². The normalized spacial score (nSPS) is 14.2. The maximum atomic E-state index is 6.13. The average Bonchev–Trinajstić information content (AvgIpc) is 3.18. The molecular weight excluding hydrogens is 410 g/mol. The highest BCUT2D eigenvalue weighted by atomic mass is 35.5. The zero-order valence-corrected chi connectivity index (χ0v) is 18.1. The Bertz CT molecular complexity index is 1210. The van der Waals surface area contributed by atoms with Gasteiger partial charge in [-0.25, -0.2) is 9.97 Å². The first-order valence-electron chi connectivity index (χ1n) is 10.4. The third-order valence-corrected chi connectivity index (χ3v) is 5.80. The first-order chi connectivity index (χ1) is 15.2. The van der Waals surface area contributed by atoms with Crippen LogP contribution in [-0.2, 0) is 6.54 Å². The number of H-pyrrole nitrogens is 1. The highest BCUT2D eigenvalue weighted by Gasteiger charge is 2.18. The van der Waals surface area contributed by atoms with Crippen molar-refractivity contribution in [1.82, 2.24) is 25.5 Å². The summed E-state index contributed by atoms with van der Waals surface area (Å²) in [6.07, 6.45) is 1.84. The number of anilines is 2. The van der Waals surface area contributed by atoms with E-state index in [-0.39, 0.29) is 0 Å². The van der Waals surface area contributed by atoms with Gasteiger partial charge in [0, 0.05) is 54.4 Å².